The summed E-state index contributed by atoms with van der Waals surface area (Å²) in [5.74, 6) is -0.383. The van der Waals surface area contributed by atoms with Crippen LogP contribution in [0.25, 0.3) is 0 Å². The monoisotopic (exact) mass is 535 g/mol. The van der Waals surface area contributed by atoms with E-state index in [4.69, 9.17) is 14.0 Å². The second kappa shape index (κ2) is 22.5. The molecule has 0 radical (unpaired) electrons. The fourth-order valence-corrected chi connectivity index (χ4v) is 5.23. The van der Waals surface area contributed by atoms with Gasteiger partial charge in [-0.1, -0.05) is 104 Å². The van der Waals surface area contributed by atoms with Crippen LogP contribution in [0.3, 0.4) is 0 Å². The van der Waals surface area contributed by atoms with Crippen LogP contribution >= 0.6 is 7.60 Å². The van der Waals surface area contributed by atoms with Gasteiger partial charge in [-0.05, 0) is 6.42 Å². The van der Waals surface area contributed by atoms with E-state index in [0.717, 1.165) is 12.8 Å². The zero-order valence-electron chi connectivity index (χ0n) is 24.3. The van der Waals surface area contributed by atoms with Gasteiger partial charge in [0.2, 0.25) is 0 Å². The maximum atomic E-state index is 12.2. The molecule has 0 aliphatic rings. The van der Waals surface area contributed by atoms with Crippen molar-refractivity contribution < 1.29 is 32.7 Å². The predicted molar refractivity (Wildman–Crippen MR) is 147 cm³/mol. The van der Waals surface area contributed by atoms with Gasteiger partial charge in [-0.2, -0.15) is 0 Å². The van der Waals surface area contributed by atoms with Crippen LogP contribution in [0, 0.1) is 0 Å². The molecule has 0 aliphatic heterocycles. The molecule has 0 aliphatic carbocycles. The van der Waals surface area contributed by atoms with Crippen LogP contribution in [0.1, 0.15) is 117 Å². The molecule has 8 heteroatoms. The van der Waals surface area contributed by atoms with E-state index in [2.05, 4.69) is 6.92 Å². The number of esters is 1. The number of nitrogens with zero attached hydrogens (tertiary/aromatic N) is 1. The van der Waals surface area contributed by atoms with E-state index in [1.807, 2.05) is 21.1 Å². The highest BCUT2D eigenvalue weighted by molar-refractivity contribution is 7.51. The smallest absolute Gasteiger partial charge is 0.305 e. The van der Waals surface area contributed by atoms with E-state index in [9.17, 15) is 14.3 Å². The van der Waals surface area contributed by atoms with Crippen molar-refractivity contribution in [3.05, 3.63) is 0 Å². The number of rotatable bonds is 26. The molecule has 0 bridgehead atoms. The number of quaternary nitrogens is 1. The molecule has 0 heterocycles. The van der Waals surface area contributed by atoms with Crippen LogP contribution in [0.15, 0.2) is 0 Å². The highest BCUT2D eigenvalue weighted by Crippen LogP contribution is 2.37. The summed E-state index contributed by atoms with van der Waals surface area (Å²) in [5.41, 5.74) is 0. The summed E-state index contributed by atoms with van der Waals surface area (Å²) >= 11 is 0. The largest absolute Gasteiger partial charge is 0.778 e. The van der Waals surface area contributed by atoms with Gasteiger partial charge in [0.25, 0.3) is 0 Å². The van der Waals surface area contributed by atoms with Gasteiger partial charge in [0.05, 0.1) is 47.1 Å². The Morgan fingerprint density at radius 2 is 1.25 bits per heavy atom. The van der Waals surface area contributed by atoms with Gasteiger partial charge >= 0.3 is 5.97 Å². The third-order valence-corrected chi connectivity index (χ3v) is 7.57. The third kappa shape index (κ3) is 25.2. The lowest BCUT2D eigenvalue weighted by Gasteiger charge is -2.30. The Hall–Kier alpha value is -0.460. The van der Waals surface area contributed by atoms with Gasteiger partial charge in [0, 0.05) is 13.0 Å². The van der Waals surface area contributed by atoms with Gasteiger partial charge in [-0.15, -0.1) is 0 Å². The molecule has 36 heavy (non-hydrogen) atoms. The fourth-order valence-electron chi connectivity index (χ4n) is 3.86. The lowest BCUT2D eigenvalue weighted by atomic mass is 10.0. The minimum absolute atomic E-state index is 0.0507. The zero-order valence-corrected chi connectivity index (χ0v) is 25.2. The number of hydrogen-bond acceptors (Lipinski definition) is 6. The summed E-state index contributed by atoms with van der Waals surface area (Å²) in [7, 11) is 1.80. The molecule has 0 amide bonds. The van der Waals surface area contributed by atoms with Gasteiger partial charge in [-0.3, -0.25) is 4.79 Å². The molecule has 0 fully saturated rings. The van der Waals surface area contributed by atoms with Crippen LogP contribution in [0.5, 0.6) is 0 Å². The molecular formula is C28H58NO6P. The third-order valence-electron chi connectivity index (χ3n) is 6.28. The van der Waals surface area contributed by atoms with E-state index >= 15 is 0 Å². The maximum absolute atomic E-state index is 12.2. The zero-order chi connectivity index (χ0) is 27.1. The second-order valence-corrected chi connectivity index (χ2v) is 13.1. The van der Waals surface area contributed by atoms with Crippen molar-refractivity contribution in [1.29, 1.82) is 0 Å². The highest BCUT2D eigenvalue weighted by Gasteiger charge is 2.20. The first-order valence-corrected chi connectivity index (χ1v) is 16.3. The van der Waals surface area contributed by atoms with E-state index in [0.29, 0.717) is 17.6 Å². The van der Waals surface area contributed by atoms with Crippen molar-refractivity contribution in [2.75, 3.05) is 53.7 Å². The normalized spacial score (nSPS) is 14.5. The van der Waals surface area contributed by atoms with Crippen LogP contribution in [0.2, 0.25) is 0 Å². The van der Waals surface area contributed by atoms with E-state index in [1.54, 1.807) is 6.92 Å². The molecule has 7 nitrogen and oxygen atoms in total. The summed E-state index contributed by atoms with van der Waals surface area (Å²) in [4.78, 5) is 23.9. The lowest BCUT2D eigenvalue weighted by molar-refractivity contribution is -0.868. The molecule has 0 aromatic heterocycles. The standard InChI is InChI=1S/C28H58NO6P/c1-6-8-9-10-11-12-13-14-15-16-17-18-19-20-21-23-33-25-27(35-28(30)7-2)26-34-36(31,32)24-22-29(3,4)5/h27H,6-26H2,1-5H3. The Morgan fingerprint density at radius 1 is 0.778 bits per heavy atom. The number of carbonyl (C=O) groups excluding carboxylic acids is 1. The number of ether oxygens (including phenoxy) is 2. The van der Waals surface area contributed by atoms with E-state index in [1.165, 1.54) is 83.5 Å². The summed E-state index contributed by atoms with van der Waals surface area (Å²) in [5, 5.41) is 0. The van der Waals surface area contributed by atoms with Crippen molar-refractivity contribution in [3.8, 4) is 0 Å². The number of hydrogen-bond donors (Lipinski definition) is 0. The van der Waals surface area contributed by atoms with Crippen molar-refractivity contribution in [1.82, 2.24) is 0 Å². The Kier molecular flexibility index (Phi) is 22.2. The second-order valence-electron chi connectivity index (χ2n) is 11.1. The average Bonchev–Trinajstić information content (AvgIpc) is 2.82. The molecule has 0 saturated heterocycles. The average molecular weight is 536 g/mol. The number of carbonyl (C=O) groups is 1. The molecule has 0 spiro atoms. The quantitative estimate of drug-likeness (QED) is 0.0546. The molecule has 0 aromatic carbocycles. The van der Waals surface area contributed by atoms with Crippen molar-refractivity contribution >= 4 is 13.6 Å². The van der Waals surface area contributed by atoms with Crippen LogP contribution in [-0.4, -0.2) is 70.2 Å². The van der Waals surface area contributed by atoms with Gasteiger partial charge < -0.3 is 27.9 Å². The van der Waals surface area contributed by atoms with Crippen LogP contribution < -0.4 is 4.89 Å². The van der Waals surface area contributed by atoms with E-state index < -0.39 is 13.7 Å². The van der Waals surface area contributed by atoms with Crippen molar-refractivity contribution in [2.45, 2.75) is 123 Å². The SMILES string of the molecule is CCCCCCCCCCCCCCCCCOCC(COP(=O)([O-])CC[N+](C)(C)C)OC(=O)CC. The molecule has 2 atom stereocenters. The van der Waals surface area contributed by atoms with Crippen molar-refractivity contribution in [3.63, 3.8) is 0 Å². The topological polar surface area (TPSA) is 84.9 Å². The van der Waals surface area contributed by atoms with Gasteiger partial charge in [0.15, 0.2) is 0 Å². The first kappa shape index (κ1) is 35.5. The minimum atomic E-state index is -3.98. The summed E-state index contributed by atoms with van der Waals surface area (Å²) in [6.07, 6.45) is 19.2. The number of unbranched alkanes of at least 4 members (excludes halogenated alkanes) is 14. The molecular weight excluding hydrogens is 477 g/mol. The highest BCUT2D eigenvalue weighted by atomic mass is 31.2. The minimum Gasteiger partial charge on any atom is -0.778 e. The fraction of sp³-hybridized carbons (Fsp3) is 0.964. The Bertz CT molecular complexity index is 567. The molecule has 0 saturated carbocycles. The molecule has 216 valence electrons. The summed E-state index contributed by atoms with van der Waals surface area (Å²) < 4.78 is 28.9. The molecule has 0 aromatic rings. The first-order valence-electron chi connectivity index (χ1n) is 14.6. The van der Waals surface area contributed by atoms with Crippen LogP contribution in [0.4, 0.5) is 0 Å². The summed E-state index contributed by atoms with van der Waals surface area (Å²) in [6, 6.07) is 0. The Labute approximate surface area is 222 Å². The van der Waals surface area contributed by atoms with Crippen LogP contribution in [-0.2, 0) is 23.4 Å². The van der Waals surface area contributed by atoms with E-state index in [-0.39, 0.29) is 31.8 Å². The Morgan fingerprint density at radius 3 is 1.69 bits per heavy atom. The lowest BCUT2D eigenvalue weighted by Crippen LogP contribution is -2.38. The first-order chi connectivity index (χ1) is 17.1. The van der Waals surface area contributed by atoms with Crippen molar-refractivity contribution in [2.24, 2.45) is 0 Å². The maximum Gasteiger partial charge on any atom is 0.305 e. The molecule has 0 N–H and O–H groups in total. The summed E-state index contributed by atoms with van der Waals surface area (Å²) in [6.45, 7) is 4.96. The van der Waals surface area contributed by atoms with Gasteiger partial charge in [0.1, 0.15) is 13.7 Å². The molecule has 2 unspecified atom stereocenters. The predicted octanol–water partition coefficient (Wildman–Crippen LogP) is 6.47. The van der Waals surface area contributed by atoms with Gasteiger partial charge in [-0.25, -0.2) is 0 Å². The Balaban J connectivity index is 3.82. The molecule has 0 rings (SSSR count).